The minimum absolute atomic E-state index is 0.0480. The fourth-order valence-electron chi connectivity index (χ4n) is 3.25. The summed E-state index contributed by atoms with van der Waals surface area (Å²) in [4.78, 5) is 26.5. The van der Waals surface area contributed by atoms with E-state index in [1.54, 1.807) is 13.8 Å². The Morgan fingerprint density at radius 3 is 2.50 bits per heavy atom. The lowest BCUT2D eigenvalue weighted by Gasteiger charge is -2.32. The van der Waals surface area contributed by atoms with Crippen molar-refractivity contribution in [1.29, 1.82) is 0 Å². The molecule has 0 fully saturated rings. The molecule has 1 unspecified atom stereocenters. The van der Waals surface area contributed by atoms with Crippen LogP contribution >= 0.6 is 0 Å². The van der Waals surface area contributed by atoms with Gasteiger partial charge in [-0.05, 0) is 38.0 Å². The van der Waals surface area contributed by atoms with Gasteiger partial charge in [-0.3, -0.25) is 9.59 Å². The first-order valence-corrected chi connectivity index (χ1v) is 9.97. The Morgan fingerprint density at radius 1 is 1.18 bits per heavy atom. The number of rotatable bonds is 9. The van der Waals surface area contributed by atoms with Gasteiger partial charge in [0.05, 0.1) is 12.5 Å². The van der Waals surface area contributed by atoms with Crippen molar-refractivity contribution in [3.63, 3.8) is 0 Å². The quantitative estimate of drug-likeness (QED) is 0.599. The first kappa shape index (κ1) is 22.1. The van der Waals surface area contributed by atoms with Crippen LogP contribution in [0.15, 0.2) is 18.2 Å². The molecule has 1 heterocycles. The SMILES string of the molecule is CCN(C(=O)CC(C)(C)COC(=O)C(C)C)C(C)Cc1ccc2c(c1)OCO2. The number of nitrogens with zero attached hydrogens (tertiary/aromatic N) is 1. The van der Waals surface area contributed by atoms with Gasteiger partial charge >= 0.3 is 5.97 Å². The van der Waals surface area contributed by atoms with E-state index in [1.165, 1.54) is 0 Å². The standard InChI is InChI=1S/C22H33NO5/c1-7-23(20(24)12-22(5,6)13-26-21(25)15(2)3)16(4)10-17-8-9-18-19(11-17)28-14-27-18/h8-9,11,15-16H,7,10,12-14H2,1-6H3. The topological polar surface area (TPSA) is 65.1 Å². The average Bonchev–Trinajstić information content (AvgIpc) is 3.07. The summed E-state index contributed by atoms with van der Waals surface area (Å²) in [6.07, 6.45) is 1.07. The summed E-state index contributed by atoms with van der Waals surface area (Å²) in [5, 5.41) is 0. The van der Waals surface area contributed by atoms with Gasteiger partial charge in [0.15, 0.2) is 11.5 Å². The van der Waals surface area contributed by atoms with Crippen LogP contribution in [0, 0.1) is 11.3 Å². The number of hydrogen-bond donors (Lipinski definition) is 0. The maximum absolute atomic E-state index is 12.9. The smallest absolute Gasteiger partial charge is 0.308 e. The van der Waals surface area contributed by atoms with Gasteiger partial charge < -0.3 is 19.1 Å². The lowest BCUT2D eigenvalue weighted by molar-refractivity contribution is -0.152. The normalized spacial score (nSPS) is 14.1. The number of carbonyl (C=O) groups excluding carboxylic acids is 2. The third-order valence-electron chi connectivity index (χ3n) is 4.87. The number of benzene rings is 1. The minimum atomic E-state index is -0.409. The maximum Gasteiger partial charge on any atom is 0.308 e. The van der Waals surface area contributed by atoms with E-state index in [4.69, 9.17) is 14.2 Å². The van der Waals surface area contributed by atoms with Gasteiger partial charge in [-0.1, -0.05) is 33.8 Å². The van der Waals surface area contributed by atoms with E-state index in [0.29, 0.717) is 13.0 Å². The summed E-state index contributed by atoms with van der Waals surface area (Å²) in [7, 11) is 0. The first-order valence-electron chi connectivity index (χ1n) is 9.97. The number of hydrogen-bond acceptors (Lipinski definition) is 5. The van der Waals surface area contributed by atoms with Gasteiger partial charge in [-0.2, -0.15) is 0 Å². The van der Waals surface area contributed by atoms with Crippen LogP contribution in [0.25, 0.3) is 0 Å². The number of fused-ring (bicyclic) bond motifs is 1. The Bertz CT molecular complexity index is 698. The van der Waals surface area contributed by atoms with Crippen LogP contribution in [0.5, 0.6) is 11.5 Å². The summed E-state index contributed by atoms with van der Waals surface area (Å²) in [5.41, 5.74) is 0.696. The van der Waals surface area contributed by atoms with Gasteiger partial charge in [0, 0.05) is 24.4 Å². The Balaban J connectivity index is 1.94. The molecule has 0 bridgehead atoms. The Morgan fingerprint density at radius 2 is 1.86 bits per heavy atom. The van der Waals surface area contributed by atoms with Crippen molar-refractivity contribution in [3.8, 4) is 11.5 Å². The number of carbonyl (C=O) groups is 2. The number of amides is 1. The van der Waals surface area contributed by atoms with Crippen LogP contribution in [-0.2, 0) is 20.7 Å². The molecule has 1 aliphatic rings. The summed E-state index contributed by atoms with van der Waals surface area (Å²) in [6.45, 7) is 12.7. The van der Waals surface area contributed by atoms with Crippen LogP contribution in [0.2, 0.25) is 0 Å². The molecule has 0 radical (unpaired) electrons. The van der Waals surface area contributed by atoms with Crippen molar-refractivity contribution in [3.05, 3.63) is 23.8 Å². The van der Waals surface area contributed by atoms with E-state index >= 15 is 0 Å². The minimum Gasteiger partial charge on any atom is -0.465 e. The molecule has 0 spiro atoms. The molecule has 1 aromatic rings. The fraction of sp³-hybridized carbons (Fsp3) is 0.636. The van der Waals surface area contributed by atoms with Gasteiger partial charge in [-0.25, -0.2) is 0 Å². The Kier molecular flexibility index (Phi) is 7.33. The summed E-state index contributed by atoms with van der Waals surface area (Å²) in [5.74, 6) is 1.19. The summed E-state index contributed by atoms with van der Waals surface area (Å²) < 4.78 is 16.1. The van der Waals surface area contributed by atoms with E-state index in [-0.39, 0.29) is 37.2 Å². The zero-order valence-electron chi connectivity index (χ0n) is 17.9. The zero-order chi connectivity index (χ0) is 20.9. The Hall–Kier alpha value is -2.24. The van der Waals surface area contributed by atoms with Crippen LogP contribution in [0.3, 0.4) is 0 Å². The number of ether oxygens (including phenoxy) is 3. The molecule has 28 heavy (non-hydrogen) atoms. The lowest BCUT2D eigenvalue weighted by Crippen LogP contribution is -2.42. The molecular formula is C22H33NO5. The molecule has 0 N–H and O–H groups in total. The molecule has 1 atom stereocenters. The Labute approximate surface area is 168 Å². The highest BCUT2D eigenvalue weighted by molar-refractivity contribution is 5.77. The van der Waals surface area contributed by atoms with E-state index < -0.39 is 5.41 Å². The van der Waals surface area contributed by atoms with Crippen molar-refractivity contribution in [1.82, 2.24) is 4.90 Å². The van der Waals surface area contributed by atoms with Crippen molar-refractivity contribution in [2.45, 2.75) is 60.4 Å². The molecule has 6 nitrogen and oxygen atoms in total. The summed E-state index contributed by atoms with van der Waals surface area (Å²) >= 11 is 0. The maximum atomic E-state index is 12.9. The molecule has 0 aromatic heterocycles. The fourth-order valence-corrected chi connectivity index (χ4v) is 3.25. The molecule has 156 valence electrons. The van der Waals surface area contributed by atoms with Crippen molar-refractivity contribution < 1.29 is 23.8 Å². The number of likely N-dealkylation sites (N-methyl/N-ethyl adjacent to an activating group) is 1. The van der Waals surface area contributed by atoms with Gasteiger partial charge in [-0.15, -0.1) is 0 Å². The third kappa shape index (κ3) is 5.88. The monoisotopic (exact) mass is 391 g/mol. The second-order valence-electron chi connectivity index (χ2n) is 8.52. The van der Waals surface area contributed by atoms with Crippen LogP contribution < -0.4 is 9.47 Å². The second-order valence-corrected chi connectivity index (χ2v) is 8.52. The highest BCUT2D eigenvalue weighted by Gasteiger charge is 2.29. The average molecular weight is 392 g/mol. The lowest BCUT2D eigenvalue weighted by atomic mass is 9.89. The van der Waals surface area contributed by atoms with Crippen LogP contribution in [0.4, 0.5) is 0 Å². The molecule has 1 aromatic carbocycles. The summed E-state index contributed by atoms with van der Waals surface area (Å²) in [6, 6.07) is 5.95. The molecule has 1 aliphatic heterocycles. The van der Waals surface area contributed by atoms with Crippen LogP contribution in [0.1, 0.15) is 53.5 Å². The zero-order valence-corrected chi connectivity index (χ0v) is 17.9. The molecule has 6 heteroatoms. The third-order valence-corrected chi connectivity index (χ3v) is 4.87. The van der Waals surface area contributed by atoms with Gasteiger partial charge in [0.1, 0.15) is 0 Å². The molecule has 1 amide bonds. The van der Waals surface area contributed by atoms with E-state index in [0.717, 1.165) is 23.5 Å². The van der Waals surface area contributed by atoms with Crippen LogP contribution in [-0.4, -0.2) is 42.8 Å². The van der Waals surface area contributed by atoms with Gasteiger partial charge in [0.25, 0.3) is 0 Å². The van der Waals surface area contributed by atoms with Crippen molar-refractivity contribution in [2.75, 3.05) is 19.9 Å². The first-order chi connectivity index (χ1) is 13.1. The molecule has 0 saturated heterocycles. The highest BCUT2D eigenvalue weighted by Crippen LogP contribution is 2.33. The molecular weight excluding hydrogens is 358 g/mol. The van der Waals surface area contributed by atoms with E-state index in [9.17, 15) is 9.59 Å². The number of esters is 1. The largest absolute Gasteiger partial charge is 0.465 e. The molecule has 2 rings (SSSR count). The predicted molar refractivity (Wildman–Crippen MR) is 107 cm³/mol. The van der Waals surface area contributed by atoms with Crippen molar-refractivity contribution in [2.24, 2.45) is 11.3 Å². The highest BCUT2D eigenvalue weighted by atomic mass is 16.7. The van der Waals surface area contributed by atoms with E-state index in [1.807, 2.05) is 43.9 Å². The second kappa shape index (κ2) is 9.30. The van der Waals surface area contributed by atoms with Gasteiger partial charge in [0.2, 0.25) is 12.7 Å². The molecule has 0 aliphatic carbocycles. The molecule has 0 saturated carbocycles. The van der Waals surface area contributed by atoms with E-state index in [2.05, 4.69) is 6.92 Å². The predicted octanol–water partition coefficient (Wildman–Crippen LogP) is 3.81. The van der Waals surface area contributed by atoms with Crippen molar-refractivity contribution >= 4 is 11.9 Å².